The molecule has 0 aliphatic heterocycles. The van der Waals surface area contributed by atoms with Crippen LogP contribution in [0.4, 0.5) is 0 Å². The summed E-state index contributed by atoms with van der Waals surface area (Å²) in [5, 5.41) is 3.52. The van der Waals surface area contributed by atoms with E-state index in [0.29, 0.717) is 0 Å². The second-order valence-corrected chi connectivity index (χ2v) is 7.03. The smallest absolute Gasteiger partial charge is 0.127 e. The Bertz CT molecular complexity index is 666. The lowest BCUT2D eigenvalue weighted by molar-refractivity contribution is 0.203. The number of ether oxygens (including phenoxy) is 2. The Hall–Kier alpha value is -2.00. The predicted octanol–water partition coefficient (Wildman–Crippen LogP) is 5.64. The fraction of sp³-hybridized carbons (Fsp3) is 0.478. The third kappa shape index (κ3) is 6.38. The number of aryl methyl sites for hydroxylation is 1. The van der Waals surface area contributed by atoms with E-state index < -0.39 is 0 Å². The Morgan fingerprint density at radius 2 is 1.50 bits per heavy atom. The summed E-state index contributed by atoms with van der Waals surface area (Å²) in [5.74, 6) is 1.79. The molecule has 1 N–H and O–H groups in total. The highest BCUT2D eigenvalue weighted by Gasteiger charge is 2.11. The molecule has 26 heavy (non-hydrogen) atoms. The summed E-state index contributed by atoms with van der Waals surface area (Å²) in [6.45, 7) is 12.2. The lowest BCUT2D eigenvalue weighted by Gasteiger charge is -2.19. The maximum absolute atomic E-state index is 6.15. The molecule has 0 fully saturated rings. The molecule has 2 unspecified atom stereocenters. The van der Waals surface area contributed by atoms with E-state index in [1.165, 1.54) is 11.1 Å². The van der Waals surface area contributed by atoms with Gasteiger partial charge in [-0.05, 0) is 45.2 Å². The van der Waals surface area contributed by atoms with Crippen molar-refractivity contribution in [3.05, 3.63) is 59.2 Å². The largest absolute Gasteiger partial charge is 0.491 e. The van der Waals surface area contributed by atoms with Crippen molar-refractivity contribution in [2.24, 2.45) is 0 Å². The normalized spacial score (nSPS) is 13.3. The standard InChI is InChI=1S/C23H33NO2/c1-6-18(4)25-22-13-12-21(23(14-22)26-19(5)7-2)16-24-15-20-10-8-17(3)9-11-20/h8-14,18-19,24H,6-7,15-16H2,1-5H3. The topological polar surface area (TPSA) is 30.5 Å². The van der Waals surface area contributed by atoms with Crippen molar-refractivity contribution in [2.75, 3.05) is 0 Å². The summed E-state index contributed by atoms with van der Waals surface area (Å²) in [6.07, 6.45) is 2.36. The minimum atomic E-state index is 0.185. The van der Waals surface area contributed by atoms with Crippen LogP contribution >= 0.6 is 0 Å². The molecule has 0 amide bonds. The molecule has 2 atom stereocenters. The first-order valence-corrected chi connectivity index (χ1v) is 9.74. The first-order valence-electron chi connectivity index (χ1n) is 9.74. The van der Waals surface area contributed by atoms with Gasteiger partial charge in [-0.1, -0.05) is 49.7 Å². The molecule has 2 aromatic rings. The summed E-state index contributed by atoms with van der Waals surface area (Å²) >= 11 is 0. The Morgan fingerprint density at radius 1 is 0.846 bits per heavy atom. The van der Waals surface area contributed by atoms with Gasteiger partial charge >= 0.3 is 0 Å². The summed E-state index contributed by atoms with van der Waals surface area (Å²) in [5.41, 5.74) is 3.74. The van der Waals surface area contributed by atoms with Gasteiger partial charge in [0.1, 0.15) is 11.5 Å². The molecule has 0 radical (unpaired) electrons. The van der Waals surface area contributed by atoms with Gasteiger partial charge in [0.05, 0.1) is 12.2 Å². The highest BCUT2D eigenvalue weighted by atomic mass is 16.5. The lowest BCUT2D eigenvalue weighted by Crippen LogP contribution is -2.16. The minimum absolute atomic E-state index is 0.185. The zero-order valence-corrected chi connectivity index (χ0v) is 16.8. The molecule has 0 aliphatic carbocycles. The van der Waals surface area contributed by atoms with Crippen LogP contribution in [0.25, 0.3) is 0 Å². The second kappa shape index (κ2) is 10.2. The number of rotatable bonds is 10. The van der Waals surface area contributed by atoms with Gasteiger partial charge in [-0.2, -0.15) is 0 Å². The molecule has 0 saturated heterocycles. The van der Waals surface area contributed by atoms with E-state index in [4.69, 9.17) is 9.47 Å². The van der Waals surface area contributed by atoms with Crippen LogP contribution in [-0.4, -0.2) is 12.2 Å². The Balaban J connectivity index is 2.05. The first-order chi connectivity index (χ1) is 12.5. The third-order valence-electron chi connectivity index (χ3n) is 4.62. The molecule has 0 heterocycles. The van der Waals surface area contributed by atoms with Crippen LogP contribution in [0.5, 0.6) is 11.5 Å². The predicted molar refractivity (Wildman–Crippen MR) is 109 cm³/mol. The van der Waals surface area contributed by atoms with Crippen molar-refractivity contribution in [1.29, 1.82) is 0 Å². The molecule has 2 aromatic carbocycles. The fourth-order valence-electron chi connectivity index (χ4n) is 2.53. The van der Waals surface area contributed by atoms with Crippen LogP contribution in [0.3, 0.4) is 0 Å². The van der Waals surface area contributed by atoms with Gasteiger partial charge in [-0.3, -0.25) is 0 Å². The van der Waals surface area contributed by atoms with Gasteiger partial charge in [0.25, 0.3) is 0 Å². The lowest BCUT2D eigenvalue weighted by atomic mass is 10.1. The maximum Gasteiger partial charge on any atom is 0.127 e. The highest BCUT2D eigenvalue weighted by Crippen LogP contribution is 2.27. The average Bonchev–Trinajstić information content (AvgIpc) is 2.64. The van der Waals surface area contributed by atoms with Crippen molar-refractivity contribution in [3.8, 4) is 11.5 Å². The summed E-state index contributed by atoms with van der Waals surface area (Å²) < 4.78 is 12.1. The van der Waals surface area contributed by atoms with Crippen molar-refractivity contribution in [3.63, 3.8) is 0 Å². The van der Waals surface area contributed by atoms with Gasteiger partial charge in [-0.15, -0.1) is 0 Å². The zero-order chi connectivity index (χ0) is 18.9. The molecule has 0 aliphatic rings. The van der Waals surface area contributed by atoms with E-state index in [0.717, 1.165) is 43.0 Å². The van der Waals surface area contributed by atoms with Crippen molar-refractivity contribution in [1.82, 2.24) is 5.32 Å². The minimum Gasteiger partial charge on any atom is -0.491 e. The number of hydrogen-bond acceptors (Lipinski definition) is 3. The van der Waals surface area contributed by atoms with E-state index in [-0.39, 0.29) is 12.2 Å². The summed E-state index contributed by atoms with van der Waals surface area (Å²) in [7, 11) is 0. The van der Waals surface area contributed by atoms with Crippen LogP contribution in [-0.2, 0) is 13.1 Å². The average molecular weight is 356 g/mol. The summed E-state index contributed by atoms with van der Waals surface area (Å²) in [4.78, 5) is 0. The van der Waals surface area contributed by atoms with Crippen LogP contribution in [0, 0.1) is 6.92 Å². The van der Waals surface area contributed by atoms with E-state index >= 15 is 0 Å². The van der Waals surface area contributed by atoms with E-state index in [9.17, 15) is 0 Å². The van der Waals surface area contributed by atoms with Crippen molar-refractivity contribution in [2.45, 2.75) is 72.8 Å². The molecule has 142 valence electrons. The van der Waals surface area contributed by atoms with Gasteiger partial charge in [0.2, 0.25) is 0 Å². The van der Waals surface area contributed by atoms with Crippen LogP contribution in [0.1, 0.15) is 57.2 Å². The molecular formula is C23H33NO2. The molecule has 0 bridgehead atoms. The fourth-order valence-corrected chi connectivity index (χ4v) is 2.53. The van der Waals surface area contributed by atoms with E-state index in [1.807, 2.05) is 12.1 Å². The van der Waals surface area contributed by atoms with E-state index in [2.05, 4.69) is 70.3 Å². The third-order valence-corrected chi connectivity index (χ3v) is 4.62. The zero-order valence-electron chi connectivity index (χ0n) is 16.8. The second-order valence-electron chi connectivity index (χ2n) is 7.03. The first kappa shape index (κ1) is 20.3. The van der Waals surface area contributed by atoms with Gasteiger partial charge < -0.3 is 14.8 Å². The molecule has 0 saturated carbocycles. The van der Waals surface area contributed by atoms with Crippen LogP contribution < -0.4 is 14.8 Å². The molecule has 3 heteroatoms. The molecule has 0 spiro atoms. The van der Waals surface area contributed by atoms with Gasteiger partial charge in [0, 0.05) is 24.7 Å². The summed E-state index contributed by atoms with van der Waals surface area (Å²) in [6, 6.07) is 14.8. The monoisotopic (exact) mass is 355 g/mol. The molecule has 0 aromatic heterocycles. The Morgan fingerprint density at radius 3 is 2.15 bits per heavy atom. The van der Waals surface area contributed by atoms with Crippen molar-refractivity contribution < 1.29 is 9.47 Å². The number of benzene rings is 2. The highest BCUT2D eigenvalue weighted by molar-refractivity contribution is 5.41. The van der Waals surface area contributed by atoms with Crippen LogP contribution in [0.15, 0.2) is 42.5 Å². The van der Waals surface area contributed by atoms with E-state index in [1.54, 1.807) is 0 Å². The van der Waals surface area contributed by atoms with Crippen molar-refractivity contribution >= 4 is 0 Å². The maximum atomic E-state index is 6.15. The Kier molecular flexibility index (Phi) is 7.99. The number of nitrogens with one attached hydrogen (secondary N) is 1. The molecular weight excluding hydrogens is 322 g/mol. The molecule has 2 rings (SSSR count). The SMILES string of the molecule is CCC(C)Oc1ccc(CNCc2ccc(C)cc2)c(OC(C)CC)c1. The van der Waals surface area contributed by atoms with Gasteiger partial charge in [-0.25, -0.2) is 0 Å². The van der Waals surface area contributed by atoms with Gasteiger partial charge in [0.15, 0.2) is 0 Å². The number of hydrogen-bond donors (Lipinski definition) is 1. The van der Waals surface area contributed by atoms with Crippen LogP contribution in [0.2, 0.25) is 0 Å². The Labute approximate surface area is 158 Å². The quantitative estimate of drug-likeness (QED) is 0.598. The molecule has 3 nitrogen and oxygen atoms in total.